The molecule has 0 spiro atoms. The number of rotatable bonds is 3. The van der Waals surface area contributed by atoms with E-state index >= 15 is 0 Å². The zero-order valence-electron chi connectivity index (χ0n) is 9.35. The van der Waals surface area contributed by atoms with E-state index in [9.17, 15) is 8.42 Å². The molecule has 1 fully saturated rings. The molecule has 90 valence electrons. The van der Waals surface area contributed by atoms with Crippen molar-refractivity contribution < 1.29 is 12.8 Å². The SMILES string of the molecule is CC(NC1CCS(=O)(=O)CC1)c1ccco1. The van der Waals surface area contributed by atoms with Gasteiger partial charge in [-0.3, -0.25) is 0 Å². The van der Waals surface area contributed by atoms with E-state index in [1.165, 1.54) is 0 Å². The maximum Gasteiger partial charge on any atom is 0.150 e. The summed E-state index contributed by atoms with van der Waals surface area (Å²) in [4.78, 5) is 0. The summed E-state index contributed by atoms with van der Waals surface area (Å²) in [7, 11) is -2.77. The van der Waals surface area contributed by atoms with Gasteiger partial charge < -0.3 is 9.73 Å². The van der Waals surface area contributed by atoms with Gasteiger partial charge in [-0.15, -0.1) is 0 Å². The van der Waals surface area contributed by atoms with Crippen LogP contribution in [0.4, 0.5) is 0 Å². The molecule has 2 heterocycles. The Morgan fingerprint density at radius 2 is 2.12 bits per heavy atom. The lowest BCUT2D eigenvalue weighted by Crippen LogP contribution is -2.38. The van der Waals surface area contributed by atoms with Crippen LogP contribution in [0, 0.1) is 0 Å². The van der Waals surface area contributed by atoms with Gasteiger partial charge in [-0.05, 0) is 31.9 Å². The van der Waals surface area contributed by atoms with E-state index in [0.29, 0.717) is 24.3 Å². The molecule has 0 bridgehead atoms. The molecular formula is C11H17NO3S. The number of furan rings is 1. The van der Waals surface area contributed by atoms with Crippen molar-refractivity contribution >= 4 is 9.84 Å². The molecule has 1 unspecified atom stereocenters. The van der Waals surface area contributed by atoms with Crippen molar-refractivity contribution in [3.63, 3.8) is 0 Å². The van der Waals surface area contributed by atoms with E-state index in [4.69, 9.17) is 4.42 Å². The Morgan fingerprint density at radius 1 is 1.44 bits per heavy atom. The summed E-state index contributed by atoms with van der Waals surface area (Å²) in [6, 6.07) is 4.21. The van der Waals surface area contributed by atoms with Crippen LogP contribution in [0.5, 0.6) is 0 Å². The highest BCUT2D eigenvalue weighted by atomic mass is 32.2. The molecular weight excluding hydrogens is 226 g/mol. The Labute approximate surface area is 95.9 Å². The molecule has 1 aliphatic rings. The zero-order chi connectivity index (χ0) is 11.6. The fourth-order valence-corrected chi connectivity index (χ4v) is 3.52. The van der Waals surface area contributed by atoms with Gasteiger partial charge in [0.1, 0.15) is 15.6 Å². The van der Waals surface area contributed by atoms with Crippen LogP contribution < -0.4 is 5.32 Å². The summed E-state index contributed by atoms with van der Waals surface area (Å²) in [6.07, 6.45) is 3.06. The Balaban J connectivity index is 1.87. The predicted octanol–water partition coefficient (Wildman–Crippen LogP) is 1.51. The van der Waals surface area contributed by atoms with Crippen LogP contribution in [0.25, 0.3) is 0 Å². The molecule has 1 saturated heterocycles. The minimum atomic E-state index is -2.77. The topological polar surface area (TPSA) is 59.3 Å². The molecule has 1 aromatic heterocycles. The van der Waals surface area contributed by atoms with Crippen LogP contribution in [0.3, 0.4) is 0 Å². The molecule has 0 amide bonds. The average molecular weight is 243 g/mol. The molecule has 0 saturated carbocycles. The second-order valence-corrected chi connectivity index (χ2v) is 6.63. The standard InChI is InChI=1S/C11H17NO3S/c1-9(11-3-2-6-15-11)12-10-4-7-16(13,14)8-5-10/h2-3,6,9-10,12H,4-5,7-8H2,1H3. The lowest BCUT2D eigenvalue weighted by atomic mass is 10.1. The molecule has 0 aromatic carbocycles. The van der Waals surface area contributed by atoms with Gasteiger partial charge in [-0.1, -0.05) is 0 Å². The predicted molar refractivity (Wildman–Crippen MR) is 61.9 cm³/mol. The van der Waals surface area contributed by atoms with Crippen LogP contribution >= 0.6 is 0 Å². The van der Waals surface area contributed by atoms with Gasteiger partial charge in [0.25, 0.3) is 0 Å². The van der Waals surface area contributed by atoms with E-state index in [1.807, 2.05) is 19.1 Å². The van der Waals surface area contributed by atoms with E-state index in [1.54, 1.807) is 6.26 Å². The fraction of sp³-hybridized carbons (Fsp3) is 0.636. The van der Waals surface area contributed by atoms with Crippen molar-refractivity contribution in [2.75, 3.05) is 11.5 Å². The van der Waals surface area contributed by atoms with Crippen molar-refractivity contribution in [3.05, 3.63) is 24.2 Å². The monoisotopic (exact) mass is 243 g/mol. The smallest absolute Gasteiger partial charge is 0.150 e. The lowest BCUT2D eigenvalue weighted by molar-refractivity contribution is 0.371. The van der Waals surface area contributed by atoms with E-state index < -0.39 is 9.84 Å². The van der Waals surface area contributed by atoms with Gasteiger partial charge in [0, 0.05) is 6.04 Å². The molecule has 1 aromatic rings. The summed E-state index contributed by atoms with van der Waals surface area (Å²) >= 11 is 0. The highest BCUT2D eigenvalue weighted by molar-refractivity contribution is 7.91. The molecule has 4 nitrogen and oxygen atoms in total. The molecule has 0 radical (unpaired) electrons. The van der Waals surface area contributed by atoms with Gasteiger partial charge in [0.2, 0.25) is 0 Å². The van der Waals surface area contributed by atoms with Gasteiger partial charge >= 0.3 is 0 Å². The highest BCUT2D eigenvalue weighted by Gasteiger charge is 2.24. The molecule has 1 atom stereocenters. The van der Waals surface area contributed by atoms with Gasteiger partial charge in [0.15, 0.2) is 0 Å². The average Bonchev–Trinajstić information content (AvgIpc) is 2.74. The van der Waals surface area contributed by atoms with Gasteiger partial charge in [0.05, 0.1) is 23.8 Å². The second-order valence-electron chi connectivity index (χ2n) is 4.33. The number of nitrogens with one attached hydrogen (secondary N) is 1. The molecule has 5 heteroatoms. The molecule has 2 rings (SSSR count). The summed E-state index contributed by atoms with van der Waals surface area (Å²) < 4.78 is 27.8. The second kappa shape index (κ2) is 4.59. The Bertz CT molecular complexity index is 410. The number of hydrogen-bond acceptors (Lipinski definition) is 4. The molecule has 1 N–H and O–H groups in total. The summed E-state index contributed by atoms with van der Waals surface area (Å²) in [5.41, 5.74) is 0. The fourth-order valence-electron chi connectivity index (χ4n) is 2.03. The van der Waals surface area contributed by atoms with E-state index in [0.717, 1.165) is 5.76 Å². The first-order valence-corrected chi connectivity index (χ1v) is 7.39. The Morgan fingerprint density at radius 3 is 2.69 bits per heavy atom. The van der Waals surface area contributed by atoms with Crippen molar-refractivity contribution in [1.82, 2.24) is 5.32 Å². The minimum Gasteiger partial charge on any atom is -0.468 e. The van der Waals surface area contributed by atoms with Gasteiger partial charge in [-0.25, -0.2) is 8.42 Å². The molecule has 16 heavy (non-hydrogen) atoms. The third kappa shape index (κ3) is 2.86. The molecule has 0 aliphatic carbocycles. The minimum absolute atomic E-state index is 0.140. The summed E-state index contributed by atoms with van der Waals surface area (Å²) in [6.45, 7) is 2.03. The summed E-state index contributed by atoms with van der Waals surface area (Å²) in [5, 5.41) is 3.40. The Kier molecular flexibility index (Phi) is 3.35. The van der Waals surface area contributed by atoms with E-state index in [-0.39, 0.29) is 12.1 Å². The highest BCUT2D eigenvalue weighted by Crippen LogP contribution is 2.18. The quantitative estimate of drug-likeness (QED) is 0.874. The first kappa shape index (κ1) is 11.7. The van der Waals surface area contributed by atoms with Crippen molar-refractivity contribution in [3.8, 4) is 0 Å². The normalized spacial score (nSPS) is 23.1. The zero-order valence-corrected chi connectivity index (χ0v) is 10.2. The number of sulfone groups is 1. The maximum absolute atomic E-state index is 11.3. The van der Waals surface area contributed by atoms with E-state index in [2.05, 4.69) is 5.32 Å². The van der Waals surface area contributed by atoms with Crippen LogP contribution in [0.2, 0.25) is 0 Å². The van der Waals surface area contributed by atoms with Crippen LogP contribution in [0.15, 0.2) is 22.8 Å². The maximum atomic E-state index is 11.3. The Hall–Kier alpha value is -0.810. The van der Waals surface area contributed by atoms with Crippen molar-refractivity contribution in [2.45, 2.75) is 31.8 Å². The van der Waals surface area contributed by atoms with Crippen molar-refractivity contribution in [2.24, 2.45) is 0 Å². The third-order valence-electron chi connectivity index (χ3n) is 3.01. The number of hydrogen-bond donors (Lipinski definition) is 1. The van der Waals surface area contributed by atoms with Gasteiger partial charge in [-0.2, -0.15) is 0 Å². The largest absolute Gasteiger partial charge is 0.468 e. The van der Waals surface area contributed by atoms with Crippen LogP contribution in [-0.2, 0) is 9.84 Å². The van der Waals surface area contributed by atoms with Crippen molar-refractivity contribution in [1.29, 1.82) is 0 Å². The first-order chi connectivity index (χ1) is 7.57. The van der Waals surface area contributed by atoms with Crippen LogP contribution in [0.1, 0.15) is 31.6 Å². The van der Waals surface area contributed by atoms with Crippen LogP contribution in [-0.4, -0.2) is 26.0 Å². The lowest BCUT2D eigenvalue weighted by Gasteiger charge is -2.25. The first-order valence-electron chi connectivity index (χ1n) is 5.57. The summed E-state index contributed by atoms with van der Waals surface area (Å²) in [5.74, 6) is 1.50. The third-order valence-corrected chi connectivity index (χ3v) is 4.73. The molecule has 1 aliphatic heterocycles.